The Balaban J connectivity index is 1.89. The van der Waals surface area contributed by atoms with Gasteiger partial charge in [0.15, 0.2) is 0 Å². The highest BCUT2D eigenvalue weighted by molar-refractivity contribution is 6.30. The van der Waals surface area contributed by atoms with Crippen molar-refractivity contribution in [2.75, 3.05) is 13.2 Å². The standard InChI is InChI=1S/C17H21ClN2O2/c1-12-6-15(18)8-14(17(12)22)10-19-9-13(11-21)7-16-4-2-3-5-20-16/h2-6,8,13,19,21-22H,7,9-11H2,1H3. The van der Waals surface area contributed by atoms with Gasteiger partial charge in [-0.2, -0.15) is 0 Å². The largest absolute Gasteiger partial charge is 0.507 e. The van der Waals surface area contributed by atoms with Gasteiger partial charge in [-0.1, -0.05) is 17.7 Å². The number of aliphatic hydroxyl groups excluding tert-OH is 1. The summed E-state index contributed by atoms with van der Waals surface area (Å²) >= 11 is 6.01. The fourth-order valence-electron chi connectivity index (χ4n) is 2.37. The third-order valence-corrected chi connectivity index (χ3v) is 3.79. The molecular formula is C17H21ClN2O2. The molecule has 0 spiro atoms. The van der Waals surface area contributed by atoms with Crippen molar-refractivity contribution in [1.29, 1.82) is 0 Å². The third-order valence-electron chi connectivity index (χ3n) is 3.57. The van der Waals surface area contributed by atoms with Gasteiger partial charge >= 0.3 is 0 Å². The number of phenolic OH excluding ortho intramolecular Hbond substituents is 1. The van der Waals surface area contributed by atoms with E-state index in [2.05, 4.69) is 10.3 Å². The molecule has 4 nitrogen and oxygen atoms in total. The Morgan fingerprint density at radius 1 is 1.32 bits per heavy atom. The lowest BCUT2D eigenvalue weighted by Gasteiger charge is -2.15. The number of aryl methyl sites for hydroxylation is 1. The number of benzene rings is 1. The molecular weight excluding hydrogens is 300 g/mol. The molecule has 0 radical (unpaired) electrons. The van der Waals surface area contributed by atoms with Crippen molar-refractivity contribution in [3.05, 3.63) is 58.4 Å². The second-order valence-corrected chi connectivity index (χ2v) is 5.87. The summed E-state index contributed by atoms with van der Waals surface area (Å²) in [6.45, 7) is 3.05. The summed E-state index contributed by atoms with van der Waals surface area (Å²) in [6, 6.07) is 9.26. The predicted octanol–water partition coefficient (Wildman–Crippen LogP) is 2.69. The van der Waals surface area contributed by atoms with Crippen LogP contribution in [0.25, 0.3) is 0 Å². The van der Waals surface area contributed by atoms with Crippen LogP contribution in [-0.2, 0) is 13.0 Å². The van der Waals surface area contributed by atoms with E-state index >= 15 is 0 Å². The normalized spacial score (nSPS) is 12.3. The molecule has 1 unspecified atom stereocenters. The molecule has 1 aromatic carbocycles. The summed E-state index contributed by atoms with van der Waals surface area (Å²) in [6.07, 6.45) is 2.47. The molecule has 2 rings (SSSR count). The van der Waals surface area contributed by atoms with Crippen molar-refractivity contribution in [3.8, 4) is 5.75 Å². The average molecular weight is 321 g/mol. The second-order valence-electron chi connectivity index (χ2n) is 5.44. The number of nitrogens with one attached hydrogen (secondary N) is 1. The molecule has 0 aliphatic heterocycles. The van der Waals surface area contributed by atoms with Crippen LogP contribution in [-0.4, -0.2) is 28.3 Å². The van der Waals surface area contributed by atoms with Gasteiger partial charge in [0.25, 0.3) is 0 Å². The van der Waals surface area contributed by atoms with E-state index in [1.807, 2.05) is 25.1 Å². The zero-order valence-electron chi connectivity index (χ0n) is 12.6. The lowest BCUT2D eigenvalue weighted by atomic mass is 10.0. The Kier molecular flexibility index (Phi) is 6.19. The zero-order chi connectivity index (χ0) is 15.9. The van der Waals surface area contributed by atoms with Crippen molar-refractivity contribution >= 4 is 11.6 Å². The molecule has 1 atom stereocenters. The first-order chi connectivity index (χ1) is 10.6. The Bertz CT molecular complexity index is 605. The summed E-state index contributed by atoms with van der Waals surface area (Å²) in [5.74, 6) is 0.347. The molecule has 0 fully saturated rings. The van der Waals surface area contributed by atoms with E-state index in [4.69, 9.17) is 11.6 Å². The number of pyridine rings is 1. The number of aliphatic hydroxyl groups is 1. The average Bonchev–Trinajstić information content (AvgIpc) is 2.51. The van der Waals surface area contributed by atoms with E-state index in [-0.39, 0.29) is 18.3 Å². The lowest BCUT2D eigenvalue weighted by Crippen LogP contribution is -2.26. The van der Waals surface area contributed by atoms with Gasteiger partial charge in [0, 0.05) is 42.2 Å². The number of hydrogen-bond acceptors (Lipinski definition) is 4. The number of hydrogen-bond donors (Lipinski definition) is 3. The molecule has 0 saturated heterocycles. The Labute approximate surface area is 135 Å². The first-order valence-electron chi connectivity index (χ1n) is 7.29. The summed E-state index contributed by atoms with van der Waals surface area (Å²) in [7, 11) is 0. The van der Waals surface area contributed by atoms with E-state index in [1.165, 1.54) is 0 Å². The Morgan fingerprint density at radius 3 is 2.82 bits per heavy atom. The van der Waals surface area contributed by atoms with Gasteiger partial charge in [0.2, 0.25) is 0 Å². The lowest BCUT2D eigenvalue weighted by molar-refractivity contribution is 0.220. The van der Waals surface area contributed by atoms with E-state index < -0.39 is 0 Å². The van der Waals surface area contributed by atoms with Crippen molar-refractivity contribution in [2.45, 2.75) is 19.9 Å². The molecule has 0 bridgehead atoms. The molecule has 0 aliphatic carbocycles. The van der Waals surface area contributed by atoms with Crippen molar-refractivity contribution in [3.63, 3.8) is 0 Å². The predicted molar refractivity (Wildman–Crippen MR) is 88.1 cm³/mol. The molecule has 0 saturated carbocycles. The monoisotopic (exact) mass is 320 g/mol. The van der Waals surface area contributed by atoms with Crippen LogP contribution in [0.2, 0.25) is 5.02 Å². The van der Waals surface area contributed by atoms with E-state index in [0.717, 1.165) is 16.8 Å². The van der Waals surface area contributed by atoms with Gasteiger partial charge in [-0.3, -0.25) is 4.98 Å². The zero-order valence-corrected chi connectivity index (χ0v) is 13.3. The third kappa shape index (κ3) is 4.70. The minimum atomic E-state index is 0.0809. The highest BCUT2D eigenvalue weighted by atomic mass is 35.5. The molecule has 0 aliphatic rings. The molecule has 5 heteroatoms. The quantitative estimate of drug-likeness (QED) is 0.734. The fraction of sp³-hybridized carbons (Fsp3) is 0.353. The smallest absolute Gasteiger partial charge is 0.123 e. The van der Waals surface area contributed by atoms with Gasteiger partial charge in [-0.15, -0.1) is 0 Å². The topological polar surface area (TPSA) is 65.4 Å². The van der Waals surface area contributed by atoms with Crippen LogP contribution in [0.4, 0.5) is 0 Å². The summed E-state index contributed by atoms with van der Waals surface area (Å²) in [5.41, 5.74) is 2.49. The van der Waals surface area contributed by atoms with Gasteiger partial charge in [-0.25, -0.2) is 0 Å². The highest BCUT2D eigenvalue weighted by Gasteiger charge is 2.11. The van der Waals surface area contributed by atoms with Gasteiger partial charge < -0.3 is 15.5 Å². The first kappa shape index (κ1) is 16.7. The highest BCUT2D eigenvalue weighted by Crippen LogP contribution is 2.26. The number of aromatic nitrogens is 1. The molecule has 1 heterocycles. The summed E-state index contributed by atoms with van der Waals surface area (Å²) < 4.78 is 0. The maximum absolute atomic E-state index is 10.0. The maximum Gasteiger partial charge on any atom is 0.123 e. The molecule has 3 N–H and O–H groups in total. The van der Waals surface area contributed by atoms with Crippen LogP contribution in [0.3, 0.4) is 0 Å². The van der Waals surface area contributed by atoms with Gasteiger partial charge in [0.05, 0.1) is 0 Å². The SMILES string of the molecule is Cc1cc(Cl)cc(CNCC(CO)Cc2ccccn2)c1O. The minimum Gasteiger partial charge on any atom is -0.507 e. The van der Waals surface area contributed by atoms with E-state index in [1.54, 1.807) is 18.3 Å². The maximum atomic E-state index is 10.0. The van der Waals surface area contributed by atoms with Gasteiger partial charge in [-0.05, 0) is 49.1 Å². The first-order valence-corrected chi connectivity index (χ1v) is 7.67. The number of nitrogens with zero attached hydrogens (tertiary/aromatic N) is 1. The van der Waals surface area contributed by atoms with Crippen LogP contribution in [0.5, 0.6) is 5.75 Å². The number of halogens is 1. The molecule has 118 valence electrons. The minimum absolute atomic E-state index is 0.0809. The number of rotatable bonds is 7. The van der Waals surface area contributed by atoms with Gasteiger partial charge in [0.1, 0.15) is 5.75 Å². The number of phenols is 1. The van der Waals surface area contributed by atoms with Crippen LogP contribution >= 0.6 is 11.6 Å². The Morgan fingerprint density at radius 2 is 2.14 bits per heavy atom. The molecule has 0 amide bonds. The van der Waals surface area contributed by atoms with Crippen molar-refractivity contribution in [2.24, 2.45) is 5.92 Å². The Hall–Kier alpha value is -1.62. The molecule has 2 aromatic rings. The van der Waals surface area contributed by atoms with Crippen LogP contribution in [0.15, 0.2) is 36.5 Å². The van der Waals surface area contributed by atoms with Crippen molar-refractivity contribution in [1.82, 2.24) is 10.3 Å². The summed E-state index contributed by atoms with van der Waals surface area (Å²) in [5, 5.41) is 23.4. The molecule has 1 aromatic heterocycles. The number of aromatic hydroxyl groups is 1. The van der Waals surface area contributed by atoms with E-state index in [9.17, 15) is 10.2 Å². The van der Waals surface area contributed by atoms with Crippen LogP contribution in [0, 0.1) is 12.8 Å². The van der Waals surface area contributed by atoms with Crippen LogP contribution < -0.4 is 5.32 Å². The molecule has 22 heavy (non-hydrogen) atoms. The second kappa shape index (κ2) is 8.13. The van der Waals surface area contributed by atoms with Crippen LogP contribution in [0.1, 0.15) is 16.8 Å². The summed E-state index contributed by atoms with van der Waals surface area (Å²) in [4.78, 5) is 4.27. The fourth-order valence-corrected chi connectivity index (χ4v) is 2.66. The van der Waals surface area contributed by atoms with Crippen molar-refractivity contribution < 1.29 is 10.2 Å². The van der Waals surface area contributed by atoms with E-state index in [0.29, 0.717) is 24.5 Å².